The molecule has 0 fully saturated rings. The van der Waals surface area contributed by atoms with Gasteiger partial charge in [0.1, 0.15) is 5.70 Å². The topological polar surface area (TPSA) is 67.9 Å². The third-order valence-corrected chi connectivity index (χ3v) is 4.72. The average molecular weight is 350 g/mol. The Kier molecular flexibility index (Phi) is 3.68. The van der Waals surface area contributed by atoms with Crippen molar-refractivity contribution >= 4 is 23.1 Å². The minimum absolute atomic E-state index is 0.176. The summed E-state index contributed by atoms with van der Waals surface area (Å²) >= 11 is 0. The van der Waals surface area contributed by atoms with Crippen LogP contribution in [0.25, 0.3) is 5.57 Å². The van der Waals surface area contributed by atoms with Crippen LogP contribution in [0.15, 0.2) is 42.1 Å². The van der Waals surface area contributed by atoms with Gasteiger partial charge in [0.15, 0.2) is 11.5 Å². The highest BCUT2D eigenvalue weighted by Crippen LogP contribution is 2.36. The van der Waals surface area contributed by atoms with E-state index in [9.17, 15) is 9.59 Å². The molecule has 6 heteroatoms. The van der Waals surface area contributed by atoms with Crippen LogP contribution in [-0.4, -0.2) is 30.6 Å². The molecule has 132 valence electrons. The van der Waals surface area contributed by atoms with Gasteiger partial charge in [-0.2, -0.15) is 0 Å². The first-order valence-electron chi connectivity index (χ1n) is 8.26. The summed E-state index contributed by atoms with van der Waals surface area (Å²) in [6.07, 6.45) is 0. The highest BCUT2D eigenvalue weighted by atomic mass is 16.7. The maximum absolute atomic E-state index is 12.7. The molecule has 0 radical (unpaired) electrons. The van der Waals surface area contributed by atoms with E-state index in [1.807, 2.05) is 32.0 Å². The summed E-state index contributed by atoms with van der Waals surface area (Å²) in [7, 11) is 1.49. The SMILES string of the molecule is Cc1ccc(C2=C(Nc3ccc4c(c3)OCO4)C(=O)N(C)C2=O)cc1C. The van der Waals surface area contributed by atoms with Crippen LogP contribution in [0.4, 0.5) is 5.69 Å². The number of amides is 2. The van der Waals surface area contributed by atoms with E-state index in [1.165, 1.54) is 7.05 Å². The zero-order valence-corrected chi connectivity index (χ0v) is 14.8. The van der Waals surface area contributed by atoms with E-state index in [-0.39, 0.29) is 24.3 Å². The number of hydrogen-bond donors (Lipinski definition) is 1. The Balaban J connectivity index is 1.78. The van der Waals surface area contributed by atoms with E-state index in [4.69, 9.17) is 9.47 Å². The third kappa shape index (κ3) is 2.50. The van der Waals surface area contributed by atoms with E-state index in [0.717, 1.165) is 21.6 Å². The minimum Gasteiger partial charge on any atom is -0.454 e. The lowest BCUT2D eigenvalue weighted by Gasteiger charge is -2.10. The van der Waals surface area contributed by atoms with Gasteiger partial charge in [-0.1, -0.05) is 18.2 Å². The Hall–Kier alpha value is -3.28. The molecule has 2 aliphatic heterocycles. The lowest BCUT2D eigenvalue weighted by atomic mass is 9.99. The number of imide groups is 1. The number of ether oxygens (including phenoxy) is 2. The van der Waals surface area contributed by atoms with Gasteiger partial charge >= 0.3 is 0 Å². The Bertz CT molecular complexity index is 978. The standard InChI is InChI=1S/C20H18N2O4/c1-11-4-5-13(8-12(11)2)17-18(20(24)22(3)19(17)23)21-14-6-7-15-16(9-14)26-10-25-15/h4-9,21H,10H2,1-3H3. The Morgan fingerprint density at radius 1 is 0.923 bits per heavy atom. The van der Waals surface area contributed by atoms with Crippen molar-refractivity contribution in [2.45, 2.75) is 13.8 Å². The first-order chi connectivity index (χ1) is 12.5. The monoisotopic (exact) mass is 350 g/mol. The number of fused-ring (bicyclic) bond motifs is 1. The van der Waals surface area contributed by atoms with Crippen molar-refractivity contribution in [2.24, 2.45) is 0 Å². The van der Waals surface area contributed by atoms with Crippen molar-refractivity contribution in [3.05, 3.63) is 58.8 Å². The summed E-state index contributed by atoms with van der Waals surface area (Å²) in [5.41, 5.74) is 4.20. The van der Waals surface area contributed by atoms with Crippen molar-refractivity contribution in [3.63, 3.8) is 0 Å². The molecule has 2 aliphatic rings. The number of likely N-dealkylation sites (N-methyl/N-ethyl adjacent to an activating group) is 1. The van der Waals surface area contributed by atoms with Gasteiger partial charge < -0.3 is 14.8 Å². The van der Waals surface area contributed by atoms with Crippen LogP contribution >= 0.6 is 0 Å². The van der Waals surface area contributed by atoms with Crippen LogP contribution in [0, 0.1) is 13.8 Å². The Labute approximate surface area is 151 Å². The van der Waals surface area contributed by atoms with E-state index in [2.05, 4.69) is 5.32 Å². The van der Waals surface area contributed by atoms with Gasteiger partial charge in [-0.3, -0.25) is 14.5 Å². The molecule has 0 bridgehead atoms. The number of carbonyl (C=O) groups excluding carboxylic acids is 2. The smallest absolute Gasteiger partial charge is 0.277 e. The molecule has 0 aliphatic carbocycles. The Morgan fingerprint density at radius 3 is 2.46 bits per heavy atom. The molecule has 0 saturated carbocycles. The molecule has 2 aromatic carbocycles. The average Bonchev–Trinajstić information content (AvgIpc) is 3.17. The minimum atomic E-state index is -0.360. The predicted octanol–water partition coefficient (Wildman–Crippen LogP) is 2.85. The number of carbonyl (C=O) groups is 2. The fourth-order valence-corrected chi connectivity index (χ4v) is 3.04. The van der Waals surface area contributed by atoms with Crippen LogP contribution in [0.5, 0.6) is 11.5 Å². The summed E-state index contributed by atoms with van der Waals surface area (Å²) in [4.78, 5) is 26.4. The van der Waals surface area contributed by atoms with E-state index in [1.54, 1.807) is 18.2 Å². The number of nitrogens with zero attached hydrogens (tertiary/aromatic N) is 1. The number of nitrogens with one attached hydrogen (secondary N) is 1. The van der Waals surface area contributed by atoms with Crippen LogP contribution in [0.3, 0.4) is 0 Å². The largest absolute Gasteiger partial charge is 0.454 e. The van der Waals surface area contributed by atoms with Crippen molar-refractivity contribution in [2.75, 3.05) is 19.2 Å². The van der Waals surface area contributed by atoms with Crippen LogP contribution in [0.2, 0.25) is 0 Å². The highest BCUT2D eigenvalue weighted by Gasteiger charge is 2.37. The third-order valence-electron chi connectivity index (χ3n) is 4.72. The molecule has 2 aromatic rings. The normalized spacial score (nSPS) is 15.9. The lowest BCUT2D eigenvalue weighted by Crippen LogP contribution is -2.27. The molecule has 0 unspecified atom stereocenters. The molecule has 0 spiro atoms. The second-order valence-corrected chi connectivity index (χ2v) is 6.41. The van der Waals surface area contributed by atoms with Gasteiger partial charge in [0.2, 0.25) is 6.79 Å². The summed E-state index contributed by atoms with van der Waals surface area (Å²) in [6, 6.07) is 11.1. The maximum Gasteiger partial charge on any atom is 0.277 e. The van der Waals surface area contributed by atoms with Crippen molar-refractivity contribution in [1.29, 1.82) is 0 Å². The zero-order chi connectivity index (χ0) is 18.4. The van der Waals surface area contributed by atoms with E-state index in [0.29, 0.717) is 22.8 Å². The molecule has 0 atom stereocenters. The first-order valence-corrected chi connectivity index (χ1v) is 8.26. The highest BCUT2D eigenvalue weighted by molar-refractivity contribution is 6.36. The maximum atomic E-state index is 12.7. The van der Waals surface area contributed by atoms with Crippen LogP contribution in [0.1, 0.15) is 16.7 Å². The predicted molar refractivity (Wildman–Crippen MR) is 96.8 cm³/mol. The van der Waals surface area contributed by atoms with Gasteiger partial charge in [-0.15, -0.1) is 0 Å². The molecule has 0 aromatic heterocycles. The van der Waals surface area contributed by atoms with E-state index >= 15 is 0 Å². The fraction of sp³-hybridized carbons (Fsp3) is 0.200. The van der Waals surface area contributed by atoms with Gasteiger partial charge in [0.25, 0.3) is 11.8 Å². The number of aryl methyl sites for hydroxylation is 2. The first kappa shape index (κ1) is 16.2. The lowest BCUT2D eigenvalue weighted by molar-refractivity contribution is -0.135. The number of benzene rings is 2. The molecule has 0 saturated heterocycles. The summed E-state index contributed by atoms with van der Waals surface area (Å²) in [5, 5.41) is 3.10. The molecular weight excluding hydrogens is 332 g/mol. The summed E-state index contributed by atoms with van der Waals surface area (Å²) in [6.45, 7) is 4.16. The molecular formula is C20H18N2O4. The molecule has 2 amide bonds. The summed E-state index contributed by atoms with van der Waals surface area (Å²) in [5.74, 6) is 0.584. The van der Waals surface area contributed by atoms with Crippen molar-refractivity contribution in [1.82, 2.24) is 4.90 Å². The van der Waals surface area contributed by atoms with Crippen molar-refractivity contribution < 1.29 is 19.1 Å². The van der Waals surface area contributed by atoms with Gasteiger partial charge in [-0.25, -0.2) is 0 Å². The molecule has 4 rings (SSSR count). The van der Waals surface area contributed by atoms with Crippen LogP contribution in [-0.2, 0) is 9.59 Å². The second-order valence-electron chi connectivity index (χ2n) is 6.41. The summed E-state index contributed by atoms with van der Waals surface area (Å²) < 4.78 is 10.7. The Morgan fingerprint density at radius 2 is 1.69 bits per heavy atom. The quantitative estimate of drug-likeness (QED) is 0.862. The number of hydrogen-bond acceptors (Lipinski definition) is 5. The van der Waals surface area contributed by atoms with Crippen LogP contribution < -0.4 is 14.8 Å². The van der Waals surface area contributed by atoms with Crippen molar-refractivity contribution in [3.8, 4) is 11.5 Å². The molecule has 2 heterocycles. The van der Waals surface area contributed by atoms with E-state index < -0.39 is 0 Å². The fourth-order valence-electron chi connectivity index (χ4n) is 3.04. The molecule has 1 N–H and O–H groups in total. The number of anilines is 1. The van der Waals surface area contributed by atoms with Gasteiger partial charge in [0, 0.05) is 18.8 Å². The van der Waals surface area contributed by atoms with Gasteiger partial charge in [0.05, 0.1) is 5.57 Å². The van der Waals surface area contributed by atoms with Gasteiger partial charge in [-0.05, 0) is 42.7 Å². The molecule has 26 heavy (non-hydrogen) atoms. The zero-order valence-electron chi connectivity index (χ0n) is 14.8. The number of rotatable bonds is 3. The second kappa shape index (κ2) is 5.91. The molecule has 6 nitrogen and oxygen atoms in total.